The van der Waals surface area contributed by atoms with E-state index >= 15 is 0 Å². The minimum absolute atomic E-state index is 0.186. The Morgan fingerprint density at radius 3 is 2.62 bits per heavy atom. The molecule has 16 heavy (non-hydrogen) atoms. The van der Waals surface area contributed by atoms with Crippen LogP contribution < -0.4 is 0 Å². The van der Waals surface area contributed by atoms with E-state index in [1.54, 1.807) is 6.92 Å². The summed E-state index contributed by atoms with van der Waals surface area (Å²) in [6.45, 7) is 4.38. The lowest BCUT2D eigenvalue weighted by Gasteiger charge is -2.36. The number of unbranched alkanes of at least 4 members (excludes halogenated alkanes) is 1. The van der Waals surface area contributed by atoms with Gasteiger partial charge in [-0.15, -0.1) is 0 Å². The van der Waals surface area contributed by atoms with E-state index in [0.29, 0.717) is 12.5 Å². The molecule has 1 rings (SSSR count). The maximum absolute atomic E-state index is 11.2. The van der Waals surface area contributed by atoms with Gasteiger partial charge in [-0.3, -0.25) is 4.79 Å². The quantitative estimate of drug-likeness (QED) is 0.674. The standard InChI is InChI=1S/C12H21N3O/c1-11(16)15-9-5-12(6-10-15)14(2)8-4-3-7-13/h12H,3-6,8-10H2,1-2H3. The molecule has 1 fully saturated rings. The number of hydrogen-bond donors (Lipinski definition) is 0. The summed E-state index contributed by atoms with van der Waals surface area (Å²) in [7, 11) is 2.12. The highest BCUT2D eigenvalue weighted by Crippen LogP contribution is 2.15. The highest BCUT2D eigenvalue weighted by Gasteiger charge is 2.22. The fourth-order valence-corrected chi connectivity index (χ4v) is 2.21. The molecule has 0 bridgehead atoms. The van der Waals surface area contributed by atoms with Gasteiger partial charge in [-0.25, -0.2) is 0 Å². The summed E-state index contributed by atoms with van der Waals surface area (Å²) in [5, 5.41) is 8.47. The predicted octanol–water partition coefficient (Wildman–Crippen LogP) is 1.23. The molecule has 0 aromatic carbocycles. The highest BCUT2D eigenvalue weighted by molar-refractivity contribution is 5.73. The third-order valence-electron chi connectivity index (χ3n) is 3.33. The van der Waals surface area contributed by atoms with Crippen LogP contribution in [0.3, 0.4) is 0 Å². The normalized spacial score (nSPS) is 17.5. The third kappa shape index (κ3) is 3.82. The van der Waals surface area contributed by atoms with Gasteiger partial charge in [-0.2, -0.15) is 5.26 Å². The van der Waals surface area contributed by atoms with Gasteiger partial charge in [-0.1, -0.05) is 0 Å². The maximum Gasteiger partial charge on any atom is 0.219 e. The molecule has 0 N–H and O–H groups in total. The van der Waals surface area contributed by atoms with Gasteiger partial charge >= 0.3 is 0 Å². The van der Waals surface area contributed by atoms with Crippen LogP contribution in [0.5, 0.6) is 0 Å². The Kier molecular flexibility index (Phi) is 5.27. The third-order valence-corrected chi connectivity index (χ3v) is 3.33. The number of carbonyl (C=O) groups excluding carboxylic acids is 1. The van der Waals surface area contributed by atoms with Crippen molar-refractivity contribution in [3.8, 4) is 6.07 Å². The summed E-state index contributed by atoms with van der Waals surface area (Å²) in [5.74, 6) is 0.186. The van der Waals surface area contributed by atoms with Crippen molar-refractivity contribution in [2.45, 2.75) is 38.6 Å². The topological polar surface area (TPSA) is 47.3 Å². The SMILES string of the molecule is CC(=O)N1CCC(N(C)CCCC#N)CC1. The Morgan fingerprint density at radius 2 is 2.12 bits per heavy atom. The molecular formula is C12H21N3O. The highest BCUT2D eigenvalue weighted by atomic mass is 16.2. The first-order valence-corrected chi connectivity index (χ1v) is 5.98. The number of nitriles is 1. The van der Waals surface area contributed by atoms with Crippen LogP contribution in [0.25, 0.3) is 0 Å². The summed E-state index contributed by atoms with van der Waals surface area (Å²) >= 11 is 0. The zero-order valence-corrected chi connectivity index (χ0v) is 10.3. The van der Waals surface area contributed by atoms with Crippen LogP contribution in [0.4, 0.5) is 0 Å². The minimum Gasteiger partial charge on any atom is -0.343 e. The molecule has 4 heteroatoms. The van der Waals surface area contributed by atoms with E-state index in [1.807, 2.05) is 4.90 Å². The van der Waals surface area contributed by atoms with Gasteiger partial charge in [0.15, 0.2) is 0 Å². The zero-order chi connectivity index (χ0) is 12.0. The van der Waals surface area contributed by atoms with Crippen LogP contribution in [0.2, 0.25) is 0 Å². The second kappa shape index (κ2) is 6.49. The molecule has 4 nitrogen and oxygen atoms in total. The van der Waals surface area contributed by atoms with Gasteiger partial charge < -0.3 is 9.80 Å². The molecule has 0 aromatic rings. The van der Waals surface area contributed by atoms with Crippen LogP contribution in [0.15, 0.2) is 0 Å². The largest absolute Gasteiger partial charge is 0.343 e. The van der Waals surface area contributed by atoms with Crippen LogP contribution in [-0.4, -0.2) is 48.4 Å². The second-order valence-electron chi connectivity index (χ2n) is 4.48. The van der Waals surface area contributed by atoms with E-state index < -0.39 is 0 Å². The van der Waals surface area contributed by atoms with Crippen molar-refractivity contribution in [2.75, 3.05) is 26.7 Å². The zero-order valence-electron chi connectivity index (χ0n) is 10.3. The predicted molar refractivity (Wildman–Crippen MR) is 62.8 cm³/mol. The molecule has 0 radical (unpaired) electrons. The molecule has 1 amide bonds. The van der Waals surface area contributed by atoms with Crippen molar-refractivity contribution in [1.82, 2.24) is 9.80 Å². The number of carbonyl (C=O) groups is 1. The average Bonchev–Trinajstić information content (AvgIpc) is 2.29. The van der Waals surface area contributed by atoms with Gasteiger partial charge in [0.05, 0.1) is 6.07 Å². The first-order valence-electron chi connectivity index (χ1n) is 5.98. The molecule has 0 saturated carbocycles. The summed E-state index contributed by atoms with van der Waals surface area (Å²) in [6, 6.07) is 2.75. The number of rotatable bonds is 4. The van der Waals surface area contributed by atoms with E-state index in [-0.39, 0.29) is 5.91 Å². The van der Waals surface area contributed by atoms with Gasteiger partial charge in [0.2, 0.25) is 5.91 Å². The first-order chi connectivity index (χ1) is 7.65. The lowest BCUT2D eigenvalue weighted by molar-refractivity contribution is -0.130. The summed E-state index contributed by atoms with van der Waals surface area (Å²) < 4.78 is 0. The molecule has 1 saturated heterocycles. The monoisotopic (exact) mass is 223 g/mol. The molecule has 1 aliphatic rings. The van der Waals surface area contributed by atoms with E-state index in [4.69, 9.17) is 5.26 Å². The van der Waals surface area contributed by atoms with Crippen molar-refractivity contribution in [2.24, 2.45) is 0 Å². The molecule has 1 aliphatic heterocycles. The maximum atomic E-state index is 11.2. The van der Waals surface area contributed by atoms with Gasteiger partial charge in [0.25, 0.3) is 0 Å². The van der Waals surface area contributed by atoms with Crippen LogP contribution in [0.1, 0.15) is 32.6 Å². The first kappa shape index (κ1) is 13.0. The van der Waals surface area contributed by atoms with E-state index in [9.17, 15) is 4.79 Å². The van der Waals surface area contributed by atoms with Crippen LogP contribution >= 0.6 is 0 Å². The minimum atomic E-state index is 0.186. The molecule has 90 valence electrons. The van der Waals surface area contributed by atoms with E-state index in [1.165, 1.54) is 0 Å². The second-order valence-corrected chi connectivity index (χ2v) is 4.48. The molecule has 0 aliphatic carbocycles. The van der Waals surface area contributed by atoms with E-state index in [0.717, 1.165) is 38.9 Å². The average molecular weight is 223 g/mol. The summed E-state index contributed by atoms with van der Waals surface area (Å²) in [4.78, 5) is 15.4. The van der Waals surface area contributed by atoms with Crippen molar-refractivity contribution in [3.05, 3.63) is 0 Å². The van der Waals surface area contributed by atoms with Crippen molar-refractivity contribution < 1.29 is 4.79 Å². The fraction of sp³-hybridized carbons (Fsp3) is 0.833. The summed E-state index contributed by atoms with van der Waals surface area (Å²) in [5.41, 5.74) is 0. The molecule has 0 unspecified atom stereocenters. The van der Waals surface area contributed by atoms with Crippen molar-refractivity contribution in [1.29, 1.82) is 5.26 Å². The van der Waals surface area contributed by atoms with Gasteiger partial charge in [0, 0.05) is 32.5 Å². The number of likely N-dealkylation sites (tertiary alicyclic amines) is 1. The van der Waals surface area contributed by atoms with Crippen LogP contribution in [0, 0.1) is 11.3 Å². The number of hydrogen-bond acceptors (Lipinski definition) is 3. The van der Waals surface area contributed by atoms with Crippen molar-refractivity contribution >= 4 is 5.91 Å². The Labute approximate surface area is 97.8 Å². The van der Waals surface area contributed by atoms with Crippen molar-refractivity contribution in [3.63, 3.8) is 0 Å². The van der Waals surface area contributed by atoms with E-state index in [2.05, 4.69) is 18.0 Å². The fourth-order valence-electron chi connectivity index (χ4n) is 2.21. The molecular weight excluding hydrogens is 202 g/mol. The number of nitrogens with zero attached hydrogens (tertiary/aromatic N) is 3. The Bertz CT molecular complexity index is 264. The smallest absolute Gasteiger partial charge is 0.219 e. The Morgan fingerprint density at radius 1 is 1.50 bits per heavy atom. The lowest BCUT2D eigenvalue weighted by atomic mass is 10.0. The molecule has 1 heterocycles. The number of amides is 1. The number of piperidine rings is 1. The van der Waals surface area contributed by atoms with Gasteiger partial charge in [-0.05, 0) is 32.9 Å². The molecule has 0 aromatic heterocycles. The van der Waals surface area contributed by atoms with Crippen LogP contribution in [-0.2, 0) is 4.79 Å². The van der Waals surface area contributed by atoms with Gasteiger partial charge in [0.1, 0.15) is 0 Å². The Balaban J connectivity index is 2.25. The summed E-state index contributed by atoms with van der Waals surface area (Å²) in [6.07, 6.45) is 3.70. The molecule has 0 atom stereocenters. The Hall–Kier alpha value is -1.08. The lowest BCUT2D eigenvalue weighted by Crippen LogP contribution is -2.45. The molecule has 0 spiro atoms.